The zero-order valence-electron chi connectivity index (χ0n) is 10.3. The van der Waals surface area contributed by atoms with Gasteiger partial charge >= 0.3 is 0 Å². The second kappa shape index (κ2) is 6.29. The molecule has 86 valence electrons. The fourth-order valence-corrected chi connectivity index (χ4v) is 2.62. The number of nitrogens with one attached hydrogen (secondary N) is 1. The van der Waals surface area contributed by atoms with Crippen molar-refractivity contribution in [3.8, 4) is 0 Å². The van der Waals surface area contributed by atoms with E-state index in [0.717, 1.165) is 12.5 Å². The third kappa shape index (κ3) is 4.80. The van der Waals surface area contributed by atoms with Gasteiger partial charge in [-0.25, -0.2) is 0 Å². The van der Waals surface area contributed by atoms with Crippen LogP contribution in [-0.2, 0) is 0 Å². The van der Waals surface area contributed by atoms with Gasteiger partial charge in [0.25, 0.3) is 0 Å². The maximum absolute atomic E-state index is 3.61. The molecule has 0 aromatic carbocycles. The molecule has 0 aliphatic carbocycles. The monoisotopic (exact) mass is 225 g/mol. The van der Waals surface area contributed by atoms with Gasteiger partial charge in [0, 0.05) is 12.6 Å². The fraction of sp³-hybridized carbons (Fsp3) is 0.692. The van der Waals surface area contributed by atoms with E-state index in [9.17, 15) is 0 Å². The summed E-state index contributed by atoms with van der Waals surface area (Å²) in [5.74, 6) is 1.41. The summed E-state index contributed by atoms with van der Waals surface area (Å²) in [6.07, 6.45) is 1.26. The van der Waals surface area contributed by atoms with Crippen molar-refractivity contribution in [1.29, 1.82) is 0 Å². The van der Waals surface area contributed by atoms with Crippen LogP contribution < -0.4 is 5.32 Å². The molecule has 0 fully saturated rings. The number of hydrogen-bond acceptors (Lipinski definition) is 2. The molecule has 1 aromatic heterocycles. The van der Waals surface area contributed by atoms with Crippen LogP contribution in [0.3, 0.4) is 0 Å². The van der Waals surface area contributed by atoms with Crippen molar-refractivity contribution in [3.05, 3.63) is 22.4 Å². The predicted molar refractivity (Wildman–Crippen MR) is 69.7 cm³/mol. The van der Waals surface area contributed by atoms with E-state index in [1.807, 2.05) is 0 Å². The number of thiophene rings is 1. The average molecular weight is 225 g/mol. The Balaban J connectivity index is 2.25. The first kappa shape index (κ1) is 12.7. The Kier molecular flexibility index (Phi) is 5.34. The Morgan fingerprint density at radius 3 is 2.53 bits per heavy atom. The summed E-state index contributed by atoms with van der Waals surface area (Å²) in [4.78, 5) is 0. The molecule has 0 bridgehead atoms. The first-order valence-electron chi connectivity index (χ1n) is 5.85. The Morgan fingerprint density at radius 2 is 2.00 bits per heavy atom. The summed E-state index contributed by atoms with van der Waals surface area (Å²) >= 11 is 1.79. The Bertz CT molecular complexity index is 254. The molecule has 0 radical (unpaired) electrons. The van der Waals surface area contributed by atoms with Crippen LogP contribution in [0.2, 0.25) is 0 Å². The summed E-state index contributed by atoms with van der Waals surface area (Å²) in [5.41, 5.74) is 1.46. The Morgan fingerprint density at radius 1 is 1.27 bits per heavy atom. The minimum atomic E-state index is 0.630. The molecule has 0 amide bonds. The van der Waals surface area contributed by atoms with Crippen LogP contribution in [0.15, 0.2) is 16.8 Å². The van der Waals surface area contributed by atoms with E-state index in [1.54, 1.807) is 11.3 Å². The van der Waals surface area contributed by atoms with Gasteiger partial charge in [-0.2, -0.15) is 11.3 Å². The highest BCUT2D eigenvalue weighted by molar-refractivity contribution is 7.07. The minimum absolute atomic E-state index is 0.630. The smallest absolute Gasteiger partial charge is 0.00414 e. The zero-order chi connectivity index (χ0) is 11.3. The van der Waals surface area contributed by atoms with E-state index >= 15 is 0 Å². The molecule has 1 heterocycles. The highest BCUT2D eigenvalue weighted by Crippen LogP contribution is 2.17. The van der Waals surface area contributed by atoms with Gasteiger partial charge in [0.1, 0.15) is 0 Å². The van der Waals surface area contributed by atoms with Crippen LogP contribution in [0.4, 0.5) is 0 Å². The van der Waals surface area contributed by atoms with Crippen LogP contribution in [0.5, 0.6) is 0 Å². The molecule has 1 rings (SSSR count). The van der Waals surface area contributed by atoms with Crippen LogP contribution in [0.25, 0.3) is 0 Å². The quantitative estimate of drug-likeness (QED) is 0.775. The van der Waals surface area contributed by atoms with Crippen molar-refractivity contribution >= 4 is 11.3 Å². The minimum Gasteiger partial charge on any atom is -0.314 e. The molecule has 2 heteroatoms. The maximum atomic E-state index is 3.61. The molecule has 0 saturated carbocycles. The second-order valence-electron chi connectivity index (χ2n) is 4.90. The van der Waals surface area contributed by atoms with Crippen LogP contribution in [0.1, 0.15) is 45.6 Å². The van der Waals surface area contributed by atoms with Crippen LogP contribution >= 0.6 is 11.3 Å². The number of hydrogen-bond donors (Lipinski definition) is 1. The van der Waals surface area contributed by atoms with E-state index in [0.29, 0.717) is 12.0 Å². The van der Waals surface area contributed by atoms with Crippen LogP contribution in [0, 0.1) is 5.92 Å². The van der Waals surface area contributed by atoms with Gasteiger partial charge in [0.15, 0.2) is 0 Å². The molecule has 0 aliphatic heterocycles. The van der Waals surface area contributed by atoms with Crippen molar-refractivity contribution in [2.24, 2.45) is 5.92 Å². The van der Waals surface area contributed by atoms with E-state index in [4.69, 9.17) is 0 Å². The topological polar surface area (TPSA) is 12.0 Å². The largest absolute Gasteiger partial charge is 0.314 e. The molecule has 0 saturated heterocycles. The highest BCUT2D eigenvalue weighted by Gasteiger charge is 2.08. The molecule has 15 heavy (non-hydrogen) atoms. The molecule has 2 unspecified atom stereocenters. The highest BCUT2D eigenvalue weighted by atomic mass is 32.1. The fourth-order valence-electron chi connectivity index (χ4n) is 1.84. The molecule has 0 aliphatic rings. The lowest BCUT2D eigenvalue weighted by atomic mass is 10.0. The van der Waals surface area contributed by atoms with E-state index in [-0.39, 0.29) is 0 Å². The van der Waals surface area contributed by atoms with Crippen molar-refractivity contribution in [2.75, 3.05) is 6.54 Å². The van der Waals surface area contributed by atoms with Gasteiger partial charge in [0.2, 0.25) is 0 Å². The summed E-state index contributed by atoms with van der Waals surface area (Å²) in [7, 11) is 0. The van der Waals surface area contributed by atoms with Gasteiger partial charge in [0.05, 0.1) is 0 Å². The van der Waals surface area contributed by atoms with Gasteiger partial charge in [-0.15, -0.1) is 0 Å². The molecular formula is C13H23NS. The normalized spacial score (nSPS) is 15.5. The van der Waals surface area contributed by atoms with Crippen LogP contribution in [-0.4, -0.2) is 12.6 Å². The Labute approximate surface area is 97.9 Å². The SMILES string of the molecule is CC(C)CC(C)NCC(C)c1ccsc1. The summed E-state index contributed by atoms with van der Waals surface area (Å²) in [6.45, 7) is 10.2. The molecule has 1 N–H and O–H groups in total. The lowest BCUT2D eigenvalue weighted by Crippen LogP contribution is -2.30. The second-order valence-corrected chi connectivity index (χ2v) is 5.68. The van der Waals surface area contributed by atoms with Crippen molar-refractivity contribution in [2.45, 2.75) is 46.1 Å². The van der Waals surface area contributed by atoms with E-state index in [2.05, 4.69) is 49.8 Å². The van der Waals surface area contributed by atoms with Gasteiger partial charge in [-0.05, 0) is 47.6 Å². The zero-order valence-corrected chi connectivity index (χ0v) is 11.1. The van der Waals surface area contributed by atoms with E-state index in [1.165, 1.54) is 12.0 Å². The predicted octanol–water partition coefficient (Wildman–Crippen LogP) is 3.88. The van der Waals surface area contributed by atoms with Crippen molar-refractivity contribution in [1.82, 2.24) is 5.32 Å². The Hall–Kier alpha value is -0.340. The number of rotatable bonds is 6. The first-order valence-corrected chi connectivity index (χ1v) is 6.79. The van der Waals surface area contributed by atoms with Crippen molar-refractivity contribution < 1.29 is 0 Å². The average Bonchev–Trinajstić information content (AvgIpc) is 2.65. The lowest BCUT2D eigenvalue weighted by Gasteiger charge is -2.18. The summed E-state index contributed by atoms with van der Waals surface area (Å²) in [6, 6.07) is 2.86. The first-order chi connectivity index (χ1) is 7.09. The van der Waals surface area contributed by atoms with Crippen molar-refractivity contribution in [3.63, 3.8) is 0 Å². The summed E-state index contributed by atoms with van der Waals surface area (Å²) in [5, 5.41) is 8.01. The summed E-state index contributed by atoms with van der Waals surface area (Å²) < 4.78 is 0. The molecule has 0 spiro atoms. The third-order valence-electron chi connectivity index (χ3n) is 2.71. The maximum Gasteiger partial charge on any atom is 0.00414 e. The standard InChI is InChI=1S/C13H23NS/c1-10(2)7-12(4)14-8-11(3)13-5-6-15-9-13/h5-6,9-12,14H,7-8H2,1-4H3. The van der Waals surface area contributed by atoms with Gasteiger partial charge in [-0.3, -0.25) is 0 Å². The van der Waals surface area contributed by atoms with E-state index < -0.39 is 0 Å². The van der Waals surface area contributed by atoms with Gasteiger partial charge < -0.3 is 5.32 Å². The molecule has 1 aromatic rings. The molecular weight excluding hydrogens is 202 g/mol. The third-order valence-corrected chi connectivity index (χ3v) is 3.41. The lowest BCUT2D eigenvalue weighted by molar-refractivity contribution is 0.432. The van der Waals surface area contributed by atoms with Gasteiger partial charge in [-0.1, -0.05) is 20.8 Å². The molecule has 1 nitrogen and oxygen atoms in total. The molecule has 2 atom stereocenters.